The summed E-state index contributed by atoms with van der Waals surface area (Å²) in [7, 11) is 1.22. The van der Waals surface area contributed by atoms with Crippen LogP contribution in [0.5, 0.6) is 5.75 Å². The van der Waals surface area contributed by atoms with Crippen molar-refractivity contribution in [3.05, 3.63) is 35.7 Å². The van der Waals surface area contributed by atoms with Gasteiger partial charge in [0.05, 0.1) is 19.7 Å². The Kier molecular flexibility index (Phi) is 5.65. The van der Waals surface area contributed by atoms with Crippen molar-refractivity contribution < 1.29 is 26.7 Å². The van der Waals surface area contributed by atoms with Gasteiger partial charge in [0.1, 0.15) is 22.8 Å². The van der Waals surface area contributed by atoms with E-state index >= 15 is 0 Å². The van der Waals surface area contributed by atoms with Crippen LogP contribution in [-0.2, 0) is 6.42 Å². The monoisotopic (exact) mass is 442 g/mol. The van der Waals surface area contributed by atoms with E-state index in [0.29, 0.717) is 12.6 Å². The maximum atomic E-state index is 14.6. The molecule has 0 aromatic carbocycles. The minimum absolute atomic E-state index is 0.0107. The van der Waals surface area contributed by atoms with Crippen LogP contribution in [0.1, 0.15) is 18.5 Å². The summed E-state index contributed by atoms with van der Waals surface area (Å²) < 4.78 is 73.8. The van der Waals surface area contributed by atoms with Gasteiger partial charge in [0.2, 0.25) is 0 Å². The first-order chi connectivity index (χ1) is 14.7. The van der Waals surface area contributed by atoms with Crippen LogP contribution >= 0.6 is 0 Å². The minimum Gasteiger partial charge on any atom is -0.495 e. The molecule has 1 fully saturated rings. The van der Waals surface area contributed by atoms with Crippen molar-refractivity contribution in [2.75, 3.05) is 25.5 Å². The number of ether oxygens (including phenoxy) is 1. The zero-order valence-electron chi connectivity index (χ0n) is 16.4. The van der Waals surface area contributed by atoms with E-state index in [0.717, 1.165) is 23.9 Å². The molecule has 3 aromatic rings. The van der Waals surface area contributed by atoms with Gasteiger partial charge in [0.15, 0.2) is 23.1 Å². The summed E-state index contributed by atoms with van der Waals surface area (Å²) >= 11 is 0. The van der Waals surface area contributed by atoms with Crippen molar-refractivity contribution in [3.8, 4) is 17.1 Å². The predicted molar refractivity (Wildman–Crippen MR) is 102 cm³/mol. The van der Waals surface area contributed by atoms with E-state index in [9.17, 15) is 22.0 Å². The molecule has 1 atom stereocenters. The van der Waals surface area contributed by atoms with Gasteiger partial charge in [-0.1, -0.05) is 0 Å². The van der Waals surface area contributed by atoms with Crippen molar-refractivity contribution in [2.45, 2.75) is 31.5 Å². The second kappa shape index (κ2) is 8.25. The third-order valence-corrected chi connectivity index (χ3v) is 4.93. The maximum Gasteiger partial charge on any atom is 0.394 e. The van der Waals surface area contributed by atoms with Gasteiger partial charge in [-0.15, -0.1) is 0 Å². The van der Waals surface area contributed by atoms with E-state index < -0.39 is 29.9 Å². The highest BCUT2D eigenvalue weighted by Gasteiger charge is 2.31. The number of pyridine rings is 1. The third kappa shape index (κ3) is 4.53. The third-order valence-electron chi connectivity index (χ3n) is 4.93. The Hall–Kier alpha value is -3.02. The number of imidazole rings is 1. The highest BCUT2D eigenvalue weighted by molar-refractivity contribution is 5.63. The highest BCUT2D eigenvalue weighted by atomic mass is 19.4. The average Bonchev–Trinajstić information content (AvgIpc) is 3.11. The lowest BCUT2D eigenvalue weighted by Crippen LogP contribution is -2.38. The SMILES string of the molecule is COc1cc2ncc(-c3nc(NC4CCCNC4)c(F)cc3F)n2nc1CC(F)(F)F. The number of piperidine rings is 1. The molecule has 1 aliphatic heterocycles. The standard InChI is InChI=1S/C19H19F5N6O/c1-31-15-6-16-26-9-14(30(16)29-13(15)7-19(22,23)24)17-11(20)5-12(21)18(28-17)27-10-3-2-4-25-8-10/h5-6,9-10,25H,2-4,7-8H2,1H3,(H,27,28). The van der Waals surface area contributed by atoms with Gasteiger partial charge in [-0.25, -0.2) is 23.3 Å². The van der Waals surface area contributed by atoms with Gasteiger partial charge in [-0.05, 0) is 19.4 Å². The van der Waals surface area contributed by atoms with Crippen LogP contribution < -0.4 is 15.4 Å². The number of methoxy groups -OCH3 is 1. The molecule has 1 aliphatic rings. The summed E-state index contributed by atoms with van der Waals surface area (Å²) in [5, 5.41) is 10.1. The molecule has 0 aliphatic carbocycles. The molecule has 0 amide bonds. The molecule has 12 heteroatoms. The summed E-state index contributed by atoms with van der Waals surface area (Å²) in [5.74, 6) is -2.10. The lowest BCUT2D eigenvalue weighted by atomic mass is 10.1. The Balaban J connectivity index is 1.77. The molecule has 4 heterocycles. The topological polar surface area (TPSA) is 76.4 Å². The van der Waals surface area contributed by atoms with Crippen LogP contribution in [0.15, 0.2) is 18.3 Å². The van der Waals surface area contributed by atoms with E-state index in [4.69, 9.17) is 4.74 Å². The van der Waals surface area contributed by atoms with Crippen LogP contribution in [0.4, 0.5) is 27.8 Å². The molecule has 1 saturated heterocycles. The largest absolute Gasteiger partial charge is 0.495 e. The number of hydrogen-bond donors (Lipinski definition) is 2. The van der Waals surface area contributed by atoms with Crippen LogP contribution in [0.25, 0.3) is 17.0 Å². The molecule has 4 rings (SSSR count). The predicted octanol–water partition coefficient (Wildman–Crippen LogP) is 3.35. The van der Waals surface area contributed by atoms with E-state index in [1.165, 1.54) is 19.4 Å². The fourth-order valence-corrected chi connectivity index (χ4v) is 3.50. The van der Waals surface area contributed by atoms with Crippen molar-refractivity contribution in [1.82, 2.24) is 24.9 Å². The molecule has 31 heavy (non-hydrogen) atoms. The van der Waals surface area contributed by atoms with Crippen LogP contribution in [0, 0.1) is 11.6 Å². The van der Waals surface area contributed by atoms with Crippen LogP contribution in [0.2, 0.25) is 0 Å². The van der Waals surface area contributed by atoms with Crippen LogP contribution in [0.3, 0.4) is 0 Å². The Morgan fingerprint density at radius 2 is 2.06 bits per heavy atom. The second-order valence-corrected chi connectivity index (χ2v) is 7.20. The van der Waals surface area contributed by atoms with Crippen molar-refractivity contribution >= 4 is 11.5 Å². The lowest BCUT2D eigenvalue weighted by molar-refractivity contribution is -0.128. The van der Waals surface area contributed by atoms with Crippen molar-refractivity contribution in [1.29, 1.82) is 0 Å². The van der Waals surface area contributed by atoms with Gasteiger partial charge < -0.3 is 15.4 Å². The first-order valence-corrected chi connectivity index (χ1v) is 9.57. The van der Waals surface area contributed by atoms with Gasteiger partial charge in [-0.3, -0.25) is 0 Å². The molecular weight excluding hydrogens is 423 g/mol. The highest BCUT2D eigenvalue weighted by Crippen LogP contribution is 2.30. The lowest BCUT2D eigenvalue weighted by Gasteiger charge is -2.24. The van der Waals surface area contributed by atoms with Gasteiger partial charge in [0.25, 0.3) is 0 Å². The summed E-state index contributed by atoms with van der Waals surface area (Å²) in [5.41, 5.74) is -0.552. The molecule has 1 unspecified atom stereocenters. The molecule has 0 spiro atoms. The average molecular weight is 442 g/mol. The molecule has 166 valence electrons. The number of alkyl halides is 3. The van der Waals surface area contributed by atoms with Crippen molar-refractivity contribution in [2.24, 2.45) is 0 Å². The van der Waals surface area contributed by atoms with E-state index in [1.807, 2.05) is 0 Å². The molecule has 0 bridgehead atoms. The number of halogens is 5. The molecule has 7 nitrogen and oxygen atoms in total. The Labute approximate surface area is 173 Å². The zero-order valence-corrected chi connectivity index (χ0v) is 16.4. The normalized spacial score (nSPS) is 17.2. The minimum atomic E-state index is -4.53. The smallest absolute Gasteiger partial charge is 0.394 e. The summed E-state index contributed by atoms with van der Waals surface area (Å²) in [6.45, 7) is 1.46. The number of nitrogens with zero attached hydrogens (tertiary/aromatic N) is 4. The summed E-state index contributed by atoms with van der Waals surface area (Å²) in [6, 6.07) is 1.86. The molecule has 3 aromatic heterocycles. The fraction of sp³-hybridized carbons (Fsp3) is 0.421. The summed E-state index contributed by atoms with van der Waals surface area (Å²) in [6.07, 6.45) is -2.97. The Bertz CT molecular complexity index is 1090. The second-order valence-electron chi connectivity index (χ2n) is 7.20. The van der Waals surface area contributed by atoms with E-state index in [-0.39, 0.29) is 34.6 Å². The molecule has 0 radical (unpaired) electrons. The van der Waals surface area contributed by atoms with Gasteiger partial charge in [0, 0.05) is 24.7 Å². The Morgan fingerprint density at radius 3 is 2.74 bits per heavy atom. The summed E-state index contributed by atoms with van der Waals surface area (Å²) in [4.78, 5) is 8.12. The zero-order chi connectivity index (χ0) is 22.2. The Morgan fingerprint density at radius 1 is 1.26 bits per heavy atom. The molecule has 0 saturated carbocycles. The van der Waals surface area contributed by atoms with Gasteiger partial charge in [-0.2, -0.15) is 18.3 Å². The van der Waals surface area contributed by atoms with Gasteiger partial charge >= 0.3 is 6.18 Å². The van der Waals surface area contributed by atoms with Crippen molar-refractivity contribution in [3.63, 3.8) is 0 Å². The number of nitrogens with one attached hydrogen (secondary N) is 2. The molecular formula is C19H19F5N6O. The number of aromatic nitrogens is 4. The van der Waals surface area contributed by atoms with E-state index in [2.05, 4.69) is 25.7 Å². The number of fused-ring (bicyclic) bond motifs is 1. The maximum absolute atomic E-state index is 14.6. The first kappa shape index (κ1) is 21.2. The first-order valence-electron chi connectivity index (χ1n) is 9.57. The number of anilines is 1. The quantitative estimate of drug-likeness (QED) is 0.591. The number of hydrogen-bond acceptors (Lipinski definition) is 6. The van der Waals surface area contributed by atoms with Crippen LogP contribution in [-0.4, -0.2) is 52.0 Å². The van der Waals surface area contributed by atoms with E-state index in [1.54, 1.807) is 0 Å². The number of rotatable bonds is 5. The molecule has 2 N–H and O–H groups in total. The fourth-order valence-electron chi connectivity index (χ4n) is 3.50.